The number of hydrogen-bond acceptors (Lipinski definition) is 2. The van der Waals surface area contributed by atoms with Crippen LogP contribution in [0.2, 0.25) is 0 Å². The maximum atomic E-state index is 10.7. The summed E-state index contributed by atoms with van der Waals surface area (Å²) < 4.78 is 0. The molecule has 0 aliphatic heterocycles. The van der Waals surface area contributed by atoms with Gasteiger partial charge in [-0.25, -0.2) is 4.79 Å². The van der Waals surface area contributed by atoms with E-state index in [9.17, 15) is 9.90 Å². The average molecular weight is 254 g/mol. The van der Waals surface area contributed by atoms with Crippen molar-refractivity contribution in [1.29, 1.82) is 0 Å². The minimum absolute atomic E-state index is 0.224. The van der Waals surface area contributed by atoms with Gasteiger partial charge in [0.1, 0.15) is 5.75 Å². The van der Waals surface area contributed by atoms with Crippen molar-refractivity contribution in [1.82, 2.24) is 0 Å². The highest BCUT2D eigenvalue weighted by atomic mass is 16.4. The first-order valence-electron chi connectivity index (χ1n) is 5.87. The van der Waals surface area contributed by atoms with Crippen molar-refractivity contribution < 1.29 is 15.0 Å². The Kier molecular flexibility index (Phi) is 3.66. The van der Waals surface area contributed by atoms with E-state index < -0.39 is 5.97 Å². The molecule has 2 aromatic carbocycles. The molecule has 0 bridgehead atoms. The third-order valence-corrected chi connectivity index (χ3v) is 2.86. The lowest BCUT2D eigenvalue weighted by Gasteiger charge is -2.06. The second kappa shape index (κ2) is 5.40. The monoisotopic (exact) mass is 254 g/mol. The summed E-state index contributed by atoms with van der Waals surface area (Å²) in [5.41, 5.74) is 3.53. The van der Waals surface area contributed by atoms with Crippen molar-refractivity contribution in [3.8, 4) is 16.9 Å². The molecular formula is C16H14O3. The number of hydrogen-bond donors (Lipinski definition) is 2. The first-order chi connectivity index (χ1) is 9.06. The lowest BCUT2D eigenvalue weighted by atomic mass is 9.99. The maximum absolute atomic E-state index is 10.7. The Morgan fingerprint density at radius 1 is 1.05 bits per heavy atom. The standard InChI is InChI=1S/C16H14O3/c1-11(9-16(18)19)13-3-2-4-14(10-13)12-5-7-15(17)8-6-12/h2-10,17H,1H3,(H,18,19)/b11-9+. The van der Waals surface area contributed by atoms with Crippen LogP contribution >= 0.6 is 0 Å². The van der Waals surface area contributed by atoms with Crippen molar-refractivity contribution in [2.45, 2.75) is 6.92 Å². The van der Waals surface area contributed by atoms with Crippen LogP contribution in [0.15, 0.2) is 54.6 Å². The molecule has 0 saturated carbocycles. The molecule has 0 fully saturated rings. The molecule has 3 heteroatoms. The fraction of sp³-hybridized carbons (Fsp3) is 0.0625. The van der Waals surface area contributed by atoms with E-state index in [0.717, 1.165) is 16.7 Å². The van der Waals surface area contributed by atoms with Gasteiger partial charge >= 0.3 is 5.97 Å². The van der Waals surface area contributed by atoms with Crippen LogP contribution in [0.3, 0.4) is 0 Å². The van der Waals surface area contributed by atoms with Crippen LogP contribution < -0.4 is 0 Å². The second-order valence-corrected chi connectivity index (χ2v) is 4.29. The normalized spacial score (nSPS) is 11.3. The predicted molar refractivity (Wildman–Crippen MR) is 74.8 cm³/mol. The van der Waals surface area contributed by atoms with Gasteiger partial charge in [-0.3, -0.25) is 0 Å². The van der Waals surface area contributed by atoms with Gasteiger partial charge in [-0.15, -0.1) is 0 Å². The number of carboxylic acid groups (broad SMARTS) is 1. The fourth-order valence-electron chi connectivity index (χ4n) is 1.87. The van der Waals surface area contributed by atoms with Gasteiger partial charge in [0, 0.05) is 6.08 Å². The van der Waals surface area contributed by atoms with E-state index in [0.29, 0.717) is 5.57 Å². The highest BCUT2D eigenvalue weighted by Crippen LogP contribution is 2.25. The summed E-state index contributed by atoms with van der Waals surface area (Å²) in [6, 6.07) is 14.5. The Labute approximate surface area is 111 Å². The largest absolute Gasteiger partial charge is 0.508 e. The Morgan fingerprint density at radius 3 is 2.37 bits per heavy atom. The van der Waals surface area contributed by atoms with E-state index >= 15 is 0 Å². The molecule has 19 heavy (non-hydrogen) atoms. The molecule has 0 aromatic heterocycles. The molecular weight excluding hydrogens is 240 g/mol. The number of carbonyl (C=O) groups is 1. The molecule has 0 radical (unpaired) electrons. The molecule has 0 heterocycles. The van der Waals surface area contributed by atoms with Gasteiger partial charge in [-0.1, -0.05) is 30.3 Å². The summed E-state index contributed by atoms with van der Waals surface area (Å²) in [6.45, 7) is 1.77. The molecule has 0 saturated heterocycles. The average Bonchev–Trinajstić information content (AvgIpc) is 2.39. The number of benzene rings is 2. The third-order valence-electron chi connectivity index (χ3n) is 2.86. The molecule has 3 nitrogen and oxygen atoms in total. The summed E-state index contributed by atoms with van der Waals surface area (Å²) in [5.74, 6) is -0.727. The van der Waals surface area contributed by atoms with E-state index in [-0.39, 0.29) is 5.75 Å². The lowest BCUT2D eigenvalue weighted by Crippen LogP contribution is -1.90. The van der Waals surface area contributed by atoms with Gasteiger partial charge in [-0.05, 0) is 47.4 Å². The highest BCUT2D eigenvalue weighted by Gasteiger charge is 2.02. The van der Waals surface area contributed by atoms with E-state index in [1.807, 2.05) is 36.4 Å². The number of phenolic OH excluding ortho intramolecular Hbond substituents is 1. The summed E-state index contributed by atoms with van der Waals surface area (Å²) in [4.78, 5) is 10.7. The first kappa shape index (κ1) is 12.9. The van der Waals surface area contributed by atoms with Gasteiger partial charge in [0.2, 0.25) is 0 Å². The van der Waals surface area contributed by atoms with Crippen molar-refractivity contribution in [2.75, 3.05) is 0 Å². The van der Waals surface area contributed by atoms with Crippen LogP contribution in [0.4, 0.5) is 0 Å². The zero-order valence-corrected chi connectivity index (χ0v) is 10.5. The zero-order chi connectivity index (χ0) is 13.8. The summed E-state index contributed by atoms with van der Waals surface area (Å²) in [7, 11) is 0. The Morgan fingerprint density at radius 2 is 1.74 bits per heavy atom. The third kappa shape index (κ3) is 3.22. The summed E-state index contributed by atoms with van der Waals surface area (Å²) in [6.07, 6.45) is 1.19. The van der Waals surface area contributed by atoms with E-state index in [1.54, 1.807) is 19.1 Å². The van der Waals surface area contributed by atoms with Crippen LogP contribution in [0.5, 0.6) is 5.75 Å². The van der Waals surface area contributed by atoms with Crippen LogP contribution in [-0.4, -0.2) is 16.2 Å². The lowest BCUT2D eigenvalue weighted by molar-refractivity contribution is -0.131. The van der Waals surface area contributed by atoms with Gasteiger partial charge < -0.3 is 10.2 Å². The van der Waals surface area contributed by atoms with Crippen LogP contribution in [0.1, 0.15) is 12.5 Å². The number of aliphatic carboxylic acids is 1. The maximum Gasteiger partial charge on any atom is 0.328 e. The number of aromatic hydroxyl groups is 1. The molecule has 0 aliphatic rings. The molecule has 0 unspecified atom stereocenters. The van der Waals surface area contributed by atoms with Crippen molar-refractivity contribution in [3.63, 3.8) is 0 Å². The topological polar surface area (TPSA) is 57.5 Å². The fourth-order valence-corrected chi connectivity index (χ4v) is 1.87. The Hall–Kier alpha value is -2.55. The van der Waals surface area contributed by atoms with Gasteiger partial charge in [0.05, 0.1) is 0 Å². The number of carboxylic acids is 1. The number of phenols is 1. The Balaban J connectivity index is 2.39. The van der Waals surface area contributed by atoms with Crippen molar-refractivity contribution >= 4 is 11.5 Å². The summed E-state index contributed by atoms with van der Waals surface area (Å²) in [5, 5.41) is 18.0. The number of allylic oxidation sites excluding steroid dienone is 1. The quantitative estimate of drug-likeness (QED) is 0.823. The molecule has 0 aliphatic carbocycles. The predicted octanol–water partition coefficient (Wildman–Crippen LogP) is 3.55. The van der Waals surface area contributed by atoms with E-state index in [4.69, 9.17) is 5.11 Å². The second-order valence-electron chi connectivity index (χ2n) is 4.29. The SMILES string of the molecule is C/C(=C\C(=O)O)c1cccc(-c2ccc(O)cc2)c1. The van der Waals surface area contributed by atoms with Gasteiger partial charge in [0.25, 0.3) is 0 Å². The minimum atomic E-state index is -0.951. The van der Waals surface area contributed by atoms with Gasteiger partial charge in [0.15, 0.2) is 0 Å². The highest BCUT2D eigenvalue weighted by molar-refractivity contribution is 5.90. The molecule has 2 rings (SSSR count). The van der Waals surface area contributed by atoms with Crippen molar-refractivity contribution in [2.24, 2.45) is 0 Å². The van der Waals surface area contributed by atoms with E-state index in [1.165, 1.54) is 6.08 Å². The molecule has 96 valence electrons. The molecule has 0 amide bonds. The van der Waals surface area contributed by atoms with Gasteiger partial charge in [-0.2, -0.15) is 0 Å². The van der Waals surface area contributed by atoms with Crippen LogP contribution in [-0.2, 0) is 4.79 Å². The van der Waals surface area contributed by atoms with E-state index in [2.05, 4.69) is 0 Å². The smallest absolute Gasteiger partial charge is 0.328 e. The van der Waals surface area contributed by atoms with Crippen LogP contribution in [0.25, 0.3) is 16.7 Å². The van der Waals surface area contributed by atoms with Crippen LogP contribution in [0, 0.1) is 0 Å². The molecule has 2 N–H and O–H groups in total. The minimum Gasteiger partial charge on any atom is -0.508 e. The Bertz CT molecular complexity index is 625. The van der Waals surface area contributed by atoms with Crippen molar-refractivity contribution in [3.05, 3.63) is 60.2 Å². The summed E-state index contributed by atoms with van der Waals surface area (Å²) >= 11 is 0. The first-order valence-corrected chi connectivity index (χ1v) is 5.87. The molecule has 0 spiro atoms. The molecule has 2 aromatic rings. The zero-order valence-electron chi connectivity index (χ0n) is 10.5. The molecule has 0 atom stereocenters. The number of rotatable bonds is 3.